The first kappa shape index (κ1) is 19.3. The van der Waals surface area contributed by atoms with Gasteiger partial charge in [0.1, 0.15) is 23.3 Å². The molecule has 1 aliphatic rings. The summed E-state index contributed by atoms with van der Waals surface area (Å²) in [5.41, 5.74) is 1.10. The molecule has 0 unspecified atom stereocenters. The zero-order chi connectivity index (χ0) is 19.4. The van der Waals surface area contributed by atoms with Crippen molar-refractivity contribution in [1.29, 1.82) is 5.26 Å². The molecule has 1 aliphatic heterocycles. The van der Waals surface area contributed by atoms with E-state index in [0.29, 0.717) is 48.3 Å². The van der Waals surface area contributed by atoms with Gasteiger partial charge in [0.05, 0.1) is 5.69 Å². The van der Waals surface area contributed by atoms with E-state index >= 15 is 0 Å². The number of halogens is 3. The SMILES string of the molecule is N#Cc1c(F)cccc1N1CCN(C(=O)CCc2ccc(Br)cc2F)CC1. The summed E-state index contributed by atoms with van der Waals surface area (Å²) in [6.07, 6.45) is 0.586. The maximum Gasteiger partial charge on any atom is 0.223 e. The van der Waals surface area contributed by atoms with Crippen LogP contribution in [0.3, 0.4) is 0 Å². The Kier molecular flexibility index (Phi) is 6.07. The van der Waals surface area contributed by atoms with Gasteiger partial charge in [0.2, 0.25) is 5.91 Å². The fourth-order valence-corrected chi connectivity index (χ4v) is 3.54. The van der Waals surface area contributed by atoms with Gasteiger partial charge in [0.25, 0.3) is 0 Å². The lowest BCUT2D eigenvalue weighted by molar-refractivity contribution is -0.131. The van der Waals surface area contributed by atoms with Crippen LogP contribution in [-0.4, -0.2) is 37.0 Å². The monoisotopic (exact) mass is 433 g/mol. The van der Waals surface area contributed by atoms with Crippen LogP contribution in [0, 0.1) is 23.0 Å². The third-order valence-corrected chi connectivity index (χ3v) is 5.19. The van der Waals surface area contributed by atoms with E-state index in [2.05, 4.69) is 15.9 Å². The van der Waals surface area contributed by atoms with Crippen LogP contribution in [0.15, 0.2) is 40.9 Å². The lowest BCUT2D eigenvalue weighted by atomic mass is 10.1. The van der Waals surface area contributed by atoms with Gasteiger partial charge < -0.3 is 9.80 Å². The van der Waals surface area contributed by atoms with E-state index in [4.69, 9.17) is 0 Å². The number of anilines is 1. The predicted octanol–water partition coefficient (Wildman–Crippen LogP) is 3.88. The van der Waals surface area contributed by atoms with E-state index in [1.165, 1.54) is 12.1 Å². The summed E-state index contributed by atoms with van der Waals surface area (Å²) < 4.78 is 28.3. The fourth-order valence-electron chi connectivity index (χ4n) is 3.21. The van der Waals surface area contributed by atoms with Gasteiger partial charge in [-0.3, -0.25) is 4.79 Å². The van der Waals surface area contributed by atoms with Gasteiger partial charge in [0, 0.05) is 37.1 Å². The summed E-state index contributed by atoms with van der Waals surface area (Å²) in [7, 11) is 0. The molecule has 0 spiro atoms. The van der Waals surface area contributed by atoms with Crippen molar-refractivity contribution in [2.45, 2.75) is 12.8 Å². The molecule has 0 aliphatic carbocycles. The molecule has 0 aromatic heterocycles. The van der Waals surface area contributed by atoms with E-state index in [-0.39, 0.29) is 23.7 Å². The highest BCUT2D eigenvalue weighted by molar-refractivity contribution is 9.10. The van der Waals surface area contributed by atoms with Crippen LogP contribution in [-0.2, 0) is 11.2 Å². The number of piperazine rings is 1. The molecule has 0 bridgehead atoms. The molecule has 2 aromatic carbocycles. The first-order chi connectivity index (χ1) is 13.0. The molecule has 0 saturated carbocycles. The molecule has 0 radical (unpaired) electrons. The van der Waals surface area contributed by atoms with Crippen molar-refractivity contribution in [3.05, 3.63) is 63.6 Å². The molecular weight excluding hydrogens is 416 g/mol. The van der Waals surface area contributed by atoms with Crippen molar-refractivity contribution in [3.63, 3.8) is 0 Å². The standard InChI is InChI=1S/C20H18BrF2N3O/c21-15-6-4-14(18(23)12-15)5-7-20(27)26-10-8-25(9-11-26)19-3-1-2-17(22)16(19)13-24/h1-4,6,12H,5,7-11H2. The van der Waals surface area contributed by atoms with Gasteiger partial charge >= 0.3 is 0 Å². The summed E-state index contributed by atoms with van der Waals surface area (Å²) >= 11 is 3.21. The van der Waals surface area contributed by atoms with Crippen molar-refractivity contribution < 1.29 is 13.6 Å². The second kappa shape index (κ2) is 8.49. The topological polar surface area (TPSA) is 47.3 Å². The molecule has 2 aromatic rings. The van der Waals surface area contributed by atoms with E-state index in [1.807, 2.05) is 11.0 Å². The first-order valence-electron chi connectivity index (χ1n) is 8.65. The number of amides is 1. The summed E-state index contributed by atoms with van der Waals surface area (Å²) in [6, 6.07) is 11.3. The van der Waals surface area contributed by atoms with Crippen molar-refractivity contribution in [2.75, 3.05) is 31.1 Å². The molecular formula is C20H18BrF2N3O. The molecule has 1 fully saturated rings. The van der Waals surface area contributed by atoms with Crippen molar-refractivity contribution >= 4 is 27.5 Å². The minimum Gasteiger partial charge on any atom is -0.367 e. The van der Waals surface area contributed by atoms with Crippen LogP contribution in [0.25, 0.3) is 0 Å². The predicted molar refractivity (Wildman–Crippen MR) is 102 cm³/mol. The van der Waals surface area contributed by atoms with E-state index < -0.39 is 5.82 Å². The minimum atomic E-state index is -0.537. The van der Waals surface area contributed by atoms with Crippen LogP contribution in [0.5, 0.6) is 0 Å². The average Bonchev–Trinajstić information content (AvgIpc) is 2.67. The number of benzene rings is 2. The Morgan fingerprint density at radius 1 is 1.11 bits per heavy atom. The zero-order valence-corrected chi connectivity index (χ0v) is 16.2. The molecule has 1 amide bonds. The van der Waals surface area contributed by atoms with Gasteiger partial charge in [-0.1, -0.05) is 28.1 Å². The molecule has 1 saturated heterocycles. The quantitative estimate of drug-likeness (QED) is 0.734. The third-order valence-electron chi connectivity index (χ3n) is 4.70. The first-order valence-corrected chi connectivity index (χ1v) is 9.44. The van der Waals surface area contributed by atoms with Crippen LogP contribution >= 0.6 is 15.9 Å². The summed E-state index contributed by atoms with van der Waals surface area (Å²) in [5.74, 6) is -0.890. The Morgan fingerprint density at radius 2 is 1.85 bits per heavy atom. The largest absolute Gasteiger partial charge is 0.367 e. The van der Waals surface area contributed by atoms with Crippen molar-refractivity contribution in [2.24, 2.45) is 0 Å². The van der Waals surface area contributed by atoms with E-state index in [1.54, 1.807) is 29.2 Å². The fraction of sp³-hybridized carbons (Fsp3) is 0.300. The second-order valence-electron chi connectivity index (χ2n) is 6.35. The number of carbonyl (C=O) groups is 1. The lowest BCUT2D eigenvalue weighted by Gasteiger charge is -2.36. The van der Waals surface area contributed by atoms with Crippen molar-refractivity contribution in [1.82, 2.24) is 4.90 Å². The molecule has 27 heavy (non-hydrogen) atoms. The van der Waals surface area contributed by atoms with Crippen molar-refractivity contribution in [3.8, 4) is 6.07 Å². The molecule has 1 heterocycles. The zero-order valence-electron chi connectivity index (χ0n) is 14.6. The maximum absolute atomic E-state index is 13.9. The highest BCUT2D eigenvalue weighted by Gasteiger charge is 2.23. The number of nitrogens with zero attached hydrogens (tertiary/aromatic N) is 3. The molecule has 4 nitrogen and oxygen atoms in total. The molecule has 7 heteroatoms. The number of rotatable bonds is 4. The Bertz CT molecular complexity index is 889. The van der Waals surface area contributed by atoms with Crippen LogP contribution < -0.4 is 4.90 Å². The van der Waals surface area contributed by atoms with Crippen LogP contribution in [0.2, 0.25) is 0 Å². The third kappa shape index (κ3) is 4.45. The maximum atomic E-state index is 13.9. The molecule has 3 rings (SSSR count). The van der Waals surface area contributed by atoms with Gasteiger partial charge in [0.15, 0.2) is 0 Å². The molecule has 0 atom stereocenters. The van der Waals surface area contributed by atoms with Crippen LogP contribution in [0.4, 0.5) is 14.5 Å². The highest BCUT2D eigenvalue weighted by atomic mass is 79.9. The summed E-state index contributed by atoms with van der Waals surface area (Å²) in [4.78, 5) is 16.1. The summed E-state index contributed by atoms with van der Waals surface area (Å²) in [6.45, 7) is 2.03. The number of hydrogen-bond donors (Lipinski definition) is 0. The number of aryl methyl sites for hydroxylation is 1. The molecule has 140 valence electrons. The van der Waals surface area contributed by atoms with Gasteiger partial charge in [-0.05, 0) is 36.2 Å². The highest BCUT2D eigenvalue weighted by Crippen LogP contribution is 2.24. The smallest absolute Gasteiger partial charge is 0.223 e. The van der Waals surface area contributed by atoms with Gasteiger partial charge in [-0.25, -0.2) is 8.78 Å². The number of nitriles is 1. The Balaban J connectivity index is 1.57. The average molecular weight is 434 g/mol. The minimum absolute atomic E-state index is 0.0305. The summed E-state index contributed by atoms with van der Waals surface area (Å²) in [5, 5.41) is 9.17. The Morgan fingerprint density at radius 3 is 2.52 bits per heavy atom. The van der Waals surface area contributed by atoms with E-state index in [0.717, 1.165) is 0 Å². The Labute approximate surface area is 165 Å². The van der Waals surface area contributed by atoms with Gasteiger partial charge in [-0.2, -0.15) is 5.26 Å². The van der Waals surface area contributed by atoms with E-state index in [9.17, 15) is 18.8 Å². The van der Waals surface area contributed by atoms with Gasteiger partial charge in [-0.15, -0.1) is 0 Å². The number of carbonyl (C=O) groups excluding carboxylic acids is 1. The molecule has 0 N–H and O–H groups in total. The second-order valence-corrected chi connectivity index (χ2v) is 7.27. The van der Waals surface area contributed by atoms with Crippen LogP contribution in [0.1, 0.15) is 17.5 Å². The lowest BCUT2D eigenvalue weighted by Crippen LogP contribution is -2.49. The Hall–Kier alpha value is -2.46. The number of hydrogen-bond acceptors (Lipinski definition) is 3. The normalized spacial score (nSPS) is 14.1.